The Morgan fingerprint density at radius 3 is 2.18 bits per heavy atom. The number of benzene rings is 3. The van der Waals surface area contributed by atoms with Crippen LogP contribution in [-0.4, -0.2) is 35.9 Å². The van der Waals surface area contributed by atoms with Crippen LogP contribution in [0.3, 0.4) is 0 Å². The van der Waals surface area contributed by atoms with Crippen molar-refractivity contribution < 1.29 is 14.3 Å². The van der Waals surface area contributed by atoms with Crippen molar-refractivity contribution in [1.29, 1.82) is 0 Å². The molecule has 5 nitrogen and oxygen atoms in total. The fourth-order valence-corrected chi connectivity index (χ4v) is 3.96. The van der Waals surface area contributed by atoms with Crippen LogP contribution >= 0.6 is 11.6 Å². The van der Waals surface area contributed by atoms with Gasteiger partial charge in [-0.1, -0.05) is 72.3 Å². The van der Waals surface area contributed by atoms with Crippen LogP contribution in [0, 0.1) is 0 Å². The van der Waals surface area contributed by atoms with Gasteiger partial charge in [0.1, 0.15) is 11.8 Å². The maximum atomic E-state index is 13.7. The number of hydrogen-bond donors (Lipinski definition) is 1. The molecule has 0 fully saturated rings. The molecule has 0 aliphatic heterocycles. The van der Waals surface area contributed by atoms with Gasteiger partial charge in [0, 0.05) is 24.0 Å². The Balaban J connectivity index is 1.96. The van der Waals surface area contributed by atoms with E-state index >= 15 is 0 Å². The summed E-state index contributed by atoms with van der Waals surface area (Å²) < 4.78 is 5.22. The summed E-state index contributed by atoms with van der Waals surface area (Å²) in [5.41, 5.74) is 2.62. The van der Waals surface area contributed by atoms with Gasteiger partial charge in [0.05, 0.1) is 13.5 Å². The molecule has 2 amide bonds. The Bertz CT molecular complexity index is 1080. The zero-order chi connectivity index (χ0) is 24.5. The molecule has 1 atom stereocenters. The van der Waals surface area contributed by atoms with Gasteiger partial charge in [-0.15, -0.1) is 0 Å². The molecule has 0 aromatic heterocycles. The highest BCUT2D eigenvalue weighted by atomic mass is 35.5. The lowest BCUT2D eigenvalue weighted by molar-refractivity contribution is -0.141. The van der Waals surface area contributed by atoms with Gasteiger partial charge in [-0.3, -0.25) is 9.59 Å². The molecule has 0 heterocycles. The molecule has 0 aliphatic carbocycles. The molecule has 0 saturated carbocycles. The lowest BCUT2D eigenvalue weighted by atomic mass is 10.0. The number of nitrogens with one attached hydrogen (secondary N) is 1. The number of ether oxygens (including phenoxy) is 1. The quantitative estimate of drug-likeness (QED) is 0.443. The zero-order valence-electron chi connectivity index (χ0n) is 19.8. The highest BCUT2D eigenvalue weighted by Gasteiger charge is 2.31. The maximum absolute atomic E-state index is 13.7. The number of methoxy groups -OCH3 is 1. The summed E-state index contributed by atoms with van der Waals surface area (Å²) in [5.74, 6) is 0.390. The Hall–Kier alpha value is -3.31. The molecule has 3 rings (SSSR count). The van der Waals surface area contributed by atoms with Crippen LogP contribution in [-0.2, 0) is 29.0 Å². The zero-order valence-corrected chi connectivity index (χ0v) is 20.6. The van der Waals surface area contributed by atoms with E-state index in [1.54, 1.807) is 18.1 Å². The van der Waals surface area contributed by atoms with Crippen molar-refractivity contribution in [2.75, 3.05) is 7.11 Å². The Morgan fingerprint density at radius 2 is 1.56 bits per heavy atom. The molecule has 3 aromatic rings. The van der Waals surface area contributed by atoms with Gasteiger partial charge in [-0.2, -0.15) is 0 Å². The fraction of sp³-hybridized carbons (Fsp3) is 0.286. The van der Waals surface area contributed by atoms with Gasteiger partial charge in [0.15, 0.2) is 0 Å². The van der Waals surface area contributed by atoms with Gasteiger partial charge in [-0.25, -0.2) is 0 Å². The van der Waals surface area contributed by atoms with E-state index in [0.717, 1.165) is 22.4 Å². The Morgan fingerprint density at radius 1 is 0.912 bits per heavy atom. The number of halogens is 1. The summed E-state index contributed by atoms with van der Waals surface area (Å²) in [6, 6.07) is 23.8. The molecule has 0 unspecified atom stereocenters. The molecule has 0 aliphatic rings. The molecule has 1 N–H and O–H groups in total. The Kier molecular flexibility index (Phi) is 9.11. The van der Waals surface area contributed by atoms with Gasteiger partial charge in [0.2, 0.25) is 11.8 Å². The second-order valence-corrected chi connectivity index (χ2v) is 8.91. The average Bonchev–Trinajstić information content (AvgIpc) is 2.83. The van der Waals surface area contributed by atoms with E-state index in [-0.39, 0.29) is 30.8 Å². The third-order valence-electron chi connectivity index (χ3n) is 5.51. The van der Waals surface area contributed by atoms with Crippen molar-refractivity contribution in [2.45, 2.75) is 45.3 Å². The smallest absolute Gasteiger partial charge is 0.243 e. The van der Waals surface area contributed by atoms with Crippen molar-refractivity contribution in [3.05, 3.63) is 101 Å². The second kappa shape index (κ2) is 12.2. The van der Waals surface area contributed by atoms with Crippen molar-refractivity contribution in [3.63, 3.8) is 0 Å². The van der Waals surface area contributed by atoms with Crippen molar-refractivity contribution in [3.8, 4) is 5.75 Å². The molecular weight excluding hydrogens is 448 g/mol. The van der Waals surface area contributed by atoms with Crippen LogP contribution in [0.5, 0.6) is 5.75 Å². The maximum Gasteiger partial charge on any atom is 0.243 e. The predicted molar refractivity (Wildman–Crippen MR) is 136 cm³/mol. The summed E-state index contributed by atoms with van der Waals surface area (Å²) in [7, 11) is 1.60. The number of carbonyl (C=O) groups is 2. The average molecular weight is 479 g/mol. The lowest BCUT2D eigenvalue weighted by Crippen LogP contribution is -2.52. The molecule has 3 aromatic carbocycles. The van der Waals surface area contributed by atoms with Crippen molar-refractivity contribution in [2.24, 2.45) is 0 Å². The highest BCUT2D eigenvalue weighted by Crippen LogP contribution is 2.22. The Labute approximate surface area is 206 Å². The number of hydrogen-bond acceptors (Lipinski definition) is 3. The first-order valence-electron chi connectivity index (χ1n) is 11.4. The minimum absolute atomic E-state index is 0.0513. The van der Waals surface area contributed by atoms with Gasteiger partial charge in [0.25, 0.3) is 0 Å². The minimum Gasteiger partial charge on any atom is -0.497 e. The third-order valence-corrected chi connectivity index (χ3v) is 5.88. The van der Waals surface area contributed by atoms with Crippen molar-refractivity contribution >= 4 is 23.4 Å². The van der Waals surface area contributed by atoms with Crippen LogP contribution in [0.15, 0.2) is 78.9 Å². The molecule has 34 heavy (non-hydrogen) atoms. The van der Waals surface area contributed by atoms with E-state index in [9.17, 15) is 9.59 Å². The topological polar surface area (TPSA) is 58.6 Å². The summed E-state index contributed by atoms with van der Waals surface area (Å²) >= 11 is 6.44. The normalized spacial score (nSPS) is 11.7. The molecule has 0 spiro atoms. The van der Waals surface area contributed by atoms with Gasteiger partial charge < -0.3 is 15.0 Å². The predicted octanol–water partition coefficient (Wildman–Crippen LogP) is 5.06. The van der Waals surface area contributed by atoms with Crippen LogP contribution in [0.2, 0.25) is 5.02 Å². The van der Waals surface area contributed by atoms with Gasteiger partial charge >= 0.3 is 0 Å². The molecule has 6 heteroatoms. The summed E-state index contributed by atoms with van der Waals surface area (Å²) in [6.45, 7) is 4.06. The van der Waals surface area contributed by atoms with Crippen LogP contribution in [0.25, 0.3) is 0 Å². The molecule has 0 radical (unpaired) electrons. The molecule has 178 valence electrons. The first kappa shape index (κ1) is 25.3. The highest BCUT2D eigenvalue weighted by molar-refractivity contribution is 6.31. The molecule has 0 saturated heterocycles. The monoisotopic (exact) mass is 478 g/mol. The number of rotatable bonds is 10. The molecule has 0 bridgehead atoms. The summed E-state index contributed by atoms with van der Waals surface area (Å²) in [5, 5.41) is 3.56. The van der Waals surface area contributed by atoms with E-state index in [4.69, 9.17) is 16.3 Å². The van der Waals surface area contributed by atoms with Crippen LogP contribution < -0.4 is 10.1 Å². The van der Waals surface area contributed by atoms with E-state index in [1.807, 2.05) is 86.6 Å². The lowest BCUT2D eigenvalue weighted by Gasteiger charge is -2.32. The SMILES string of the molecule is COc1ccc(CC(=O)N(Cc2ccccc2Cl)[C@@H](Cc2ccccc2)C(=O)NC(C)C)cc1. The third kappa shape index (κ3) is 7.09. The second-order valence-electron chi connectivity index (χ2n) is 8.51. The summed E-state index contributed by atoms with van der Waals surface area (Å²) in [4.78, 5) is 28.7. The fourth-order valence-electron chi connectivity index (χ4n) is 3.76. The number of carbonyl (C=O) groups excluding carboxylic acids is 2. The van der Waals surface area contributed by atoms with Crippen LogP contribution in [0.1, 0.15) is 30.5 Å². The first-order chi connectivity index (χ1) is 16.4. The van der Waals surface area contributed by atoms with Crippen LogP contribution in [0.4, 0.5) is 0 Å². The van der Waals surface area contributed by atoms with Gasteiger partial charge in [-0.05, 0) is 48.7 Å². The first-order valence-corrected chi connectivity index (χ1v) is 11.7. The van der Waals surface area contributed by atoms with E-state index < -0.39 is 6.04 Å². The largest absolute Gasteiger partial charge is 0.497 e. The van der Waals surface area contributed by atoms with E-state index in [0.29, 0.717) is 11.4 Å². The molecular formula is C28H31ClN2O3. The standard InChI is InChI=1S/C28H31ClN2O3/c1-20(2)30-28(33)26(17-21-9-5-4-6-10-21)31(19-23-11-7-8-12-25(23)29)27(32)18-22-13-15-24(34-3)16-14-22/h4-16,20,26H,17-19H2,1-3H3,(H,30,33)/t26-/m0/s1. The van der Waals surface area contributed by atoms with E-state index in [1.165, 1.54) is 0 Å². The van der Waals surface area contributed by atoms with E-state index in [2.05, 4.69) is 5.32 Å². The minimum atomic E-state index is -0.688. The van der Waals surface area contributed by atoms with Crippen molar-refractivity contribution in [1.82, 2.24) is 10.2 Å². The number of nitrogens with zero attached hydrogens (tertiary/aromatic N) is 1. The summed E-state index contributed by atoms with van der Waals surface area (Å²) in [6.07, 6.45) is 0.562. The number of amides is 2.